The molecule has 0 aliphatic carbocycles. The van der Waals surface area contributed by atoms with Crippen molar-refractivity contribution >= 4 is 33.2 Å². The lowest BCUT2D eigenvalue weighted by Crippen LogP contribution is -2.36. The van der Waals surface area contributed by atoms with E-state index in [0.717, 1.165) is 42.2 Å². The minimum absolute atomic E-state index is 0.0960. The van der Waals surface area contributed by atoms with Crippen molar-refractivity contribution in [1.82, 2.24) is 0 Å². The normalized spacial score (nSPS) is 14.6. The second-order valence-electron chi connectivity index (χ2n) is 6.50. The smallest absolute Gasteiger partial charge is 0.255 e. The number of halogens is 1. The second-order valence-corrected chi connectivity index (χ2v) is 7.35. The summed E-state index contributed by atoms with van der Waals surface area (Å²) in [5.41, 5.74) is 3.80. The third-order valence-electron chi connectivity index (χ3n) is 4.40. The molecule has 1 aliphatic heterocycles. The van der Waals surface area contributed by atoms with Crippen LogP contribution in [0.1, 0.15) is 35.7 Å². The van der Waals surface area contributed by atoms with Crippen molar-refractivity contribution in [3.8, 4) is 0 Å². The molecule has 4 nitrogen and oxygen atoms in total. The SMILES string of the molecule is CC(C)c1ccc(C(=O)Nc2ccc(N3CCOCC3)c(Br)c2)cc1. The summed E-state index contributed by atoms with van der Waals surface area (Å²) in [5.74, 6) is 0.363. The third-order valence-corrected chi connectivity index (χ3v) is 5.03. The molecule has 25 heavy (non-hydrogen) atoms. The van der Waals surface area contributed by atoms with E-state index in [2.05, 4.69) is 40.0 Å². The highest BCUT2D eigenvalue weighted by molar-refractivity contribution is 9.10. The molecule has 0 atom stereocenters. The van der Waals surface area contributed by atoms with Crippen LogP contribution in [0.3, 0.4) is 0 Å². The summed E-state index contributed by atoms with van der Waals surface area (Å²) in [6.45, 7) is 7.54. The van der Waals surface area contributed by atoms with Crippen LogP contribution in [0.4, 0.5) is 11.4 Å². The Labute approximate surface area is 157 Å². The van der Waals surface area contributed by atoms with Crippen molar-refractivity contribution in [3.05, 3.63) is 58.1 Å². The number of anilines is 2. The highest BCUT2D eigenvalue weighted by Crippen LogP contribution is 2.30. The molecule has 0 saturated carbocycles. The first-order valence-electron chi connectivity index (χ1n) is 8.58. The topological polar surface area (TPSA) is 41.6 Å². The number of nitrogens with zero attached hydrogens (tertiary/aromatic N) is 1. The standard InChI is InChI=1S/C20H23BrN2O2/c1-14(2)15-3-5-16(6-4-15)20(24)22-17-7-8-19(18(21)13-17)23-9-11-25-12-10-23/h3-8,13-14H,9-12H2,1-2H3,(H,22,24). The first-order valence-corrected chi connectivity index (χ1v) is 9.37. The quantitative estimate of drug-likeness (QED) is 0.808. The monoisotopic (exact) mass is 402 g/mol. The van der Waals surface area contributed by atoms with Crippen molar-refractivity contribution in [2.24, 2.45) is 0 Å². The van der Waals surface area contributed by atoms with E-state index < -0.39 is 0 Å². The van der Waals surface area contributed by atoms with E-state index in [9.17, 15) is 4.79 Å². The van der Waals surface area contributed by atoms with E-state index in [1.807, 2.05) is 42.5 Å². The molecule has 1 fully saturated rings. The highest BCUT2D eigenvalue weighted by Gasteiger charge is 2.15. The number of nitrogens with one attached hydrogen (secondary N) is 1. The zero-order valence-electron chi connectivity index (χ0n) is 14.6. The molecule has 5 heteroatoms. The lowest BCUT2D eigenvalue weighted by Gasteiger charge is -2.29. The summed E-state index contributed by atoms with van der Waals surface area (Å²) in [6, 6.07) is 13.7. The summed E-state index contributed by atoms with van der Waals surface area (Å²) in [5, 5.41) is 2.97. The predicted molar refractivity (Wildman–Crippen MR) is 106 cm³/mol. The highest BCUT2D eigenvalue weighted by atomic mass is 79.9. The van der Waals surface area contributed by atoms with Gasteiger partial charge in [-0.25, -0.2) is 0 Å². The molecule has 0 unspecified atom stereocenters. The Morgan fingerprint density at radius 2 is 1.80 bits per heavy atom. The molecular formula is C20H23BrN2O2. The van der Waals surface area contributed by atoms with Gasteiger partial charge in [-0.15, -0.1) is 0 Å². The van der Waals surface area contributed by atoms with Crippen LogP contribution in [-0.2, 0) is 4.74 Å². The Balaban J connectivity index is 1.69. The largest absolute Gasteiger partial charge is 0.378 e. The van der Waals surface area contributed by atoms with Gasteiger partial charge in [0.05, 0.1) is 18.9 Å². The van der Waals surface area contributed by atoms with Crippen LogP contribution < -0.4 is 10.2 Å². The number of carbonyl (C=O) groups excluding carboxylic acids is 1. The van der Waals surface area contributed by atoms with E-state index in [1.165, 1.54) is 5.56 Å². The first kappa shape index (κ1) is 18.0. The number of carbonyl (C=O) groups is 1. The molecule has 1 N–H and O–H groups in total. The van der Waals surface area contributed by atoms with E-state index >= 15 is 0 Å². The molecule has 0 radical (unpaired) electrons. The maximum absolute atomic E-state index is 12.4. The molecule has 1 heterocycles. The fraction of sp³-hybridized carbons (Fsp3) is 0.350. The molecule has 1 amide bonds. The van der Waals surface area contributed by atoms with Crippen molar-refractivity contribution < 1.29 is 9.53 Å². The summed E-state index contributed by atoms with van der Waals surface area (Å²) in [6.07, 6.45) is 0. The zero-order chi connectivity index (χ0) is 17.8. The average molecular weight is 403 g/mol. The number of benzene rings is 2. The number of rotatable bonds is 4. The van der Waals surface area contributed by atoms with Gasteiger partial charge in [-0.3, -0.25) is 4.79 Å². The fourth-order valence-corrected chi connectivity index (χ4v) is 3.50. The van der Waals surface area contributed by atoms with Gasteiger partial charge < -0.3 is 15.0 Å². The summed E-state index contributed by atoms with van der Waals surface area (Å²) >= 11 is 3.62. The average Bonchev–Trinajstić information content (AvgIpc) is 2.62. The molecule has 1 aliphatic rings. The molecule has 0 aromatic heterocycles. The lowest BCUT2D eigenvalue weighted by molar-refractivity contribution is 0.102. The van der Waals surface area contributed by atoms with Crippen LogP contribution in [0.2, 0.25) is 0 Å². The van der Waals surface area contributed by atoms with Gasteiger partial charge in [-0.05, 0) is 57.7 Å². The van der Waals surface area contributed by atoms with E-state index in [-0.39, 0.29) is 5.91 Å². The number of ether oxygens (including phenoxy) is 1. The van der Waals surface area contributed by atoms with Crippen LogP contribution in [0.25, 0.3) is 0 Å². The van der Waals surface area contributed by atoms with Gasteiger partial charge in [0.1, 0.15) is 0 Å². The van der Waals surface area contributed by atoms with E-state index in [1.54, 1.807) is 0 Å². The van der Waals surface area contributed by atoms with E-state index in [0.29, 0.717) is 11.5 Å². The maximum Gasteiger partial charge on any atom is 0.255 e. The number of amides is 1. The molecular weight excluding hydrogens is 380 g/mol. The van der Waals surface area contributed by atoms with Crippen molar-refractivity contribution in [3.63, 3.8) is 0 Å². The summed E-state index contributed by atoms with van der Waals surface area (Å²) in [7, 11) is 0. The van der Waals surface area contributed by atoms with Crippen LogP contribution in [0, 0.1) is 0 Å². The van der Waals surface area contributed by atoms with Gasteiger partial charge in [0.15, 0.2) is 0 Å². The molecule has 3 rings (SSSR count). The minimum atomic E-state index is -0.0960. The maximum atomic E-state index is 12.4. The van der Waals surface area contributed by atoms with Gasteiger partial charge in [-0.2, -0.15) is 0 Å². The van der Waals surface area contributed by atoms with Gasteiger partial charge in [0.25, 0.3) is 5.91 Å². The van der Waals surface area contributed by atoms with Crippen LogP contribution in [0.5, 0.6) is 0 Å². The van der Waals surface area contributed by atoms with Crippen molar-refractivity contribution in [1.29, 1.82) is 0 Å². The minimum Gasteiger partial charge on any atom is -0.378 e. The van der Waals surface area contributed by atoms with Crippen molar-refractivity contribution in [2.45, 2.75) is 19.8 Å². The van der Waals surface area contributed by atoms with Crippen molar-refractivity contribution in [2.75, 3.05) is 36.5 Å². The van der Waals surface area contributed by atoms with Gasteiger partial charge in [0, 0.05) is 28.8 Å². The summed E-state index contributed by atoms with van der Waals surface area (Å²) in [4.78, 5) is 14.7. The van der Waals surface area contributed by atoms with Crippen LogP contribution in [-0.4, -0.2) is 32.2 Å². The number of hydrogen-bond acceptors (Lipinski definition) is 3. The molecule has 2 aromatic carbocycles. The molecule has 0 spiro atoms. The Kier molecular flexibility index (Phi) is 5.76. The lowest BCUT2D eigenvalue weighted by atomic mass is 10.0. The Morgan fingerprint density at radius 1 is 1.12 bits per heavy atom. The Bertz CT molecular complexity index is 738. The van der Waals surface area contributed by atoms with E-state index in [4.69, 9.17) is 4.74 Å². The molecule has 132 valence electrons. The molecule has 1 saturated heterocycles. The fourth-order valence-electron chi connectivity index (χ4n) is 2.87. The van der Waals surface area contributed by atoms with Crippen LogP contribution in [0.15, 0.2) is 46.9 Å². The number of hydrogen-bond donors (Lipinski definition) is 1. The third kappa shape index (κ3) is 4.41. The van der Waals surface area contributed by atoms with Gasteiger partial charge in [-0.1, -0.05) is 26.0 Å². The van der Waals surface area contributed by atoms with Gasteiger partial charge in [0.2, 0.25) is 0 Å². The first-order chi connectivity index (χ1) is 12.0. The van der Waals surface area contributed by atoms with Crippen LogP contribution >= 0.6 is 15.9 Å². The zero-order valence-corrected chi connectivity index (χ0v) is 16.2. The number of morpholine rings is 1. The second kappa shape index (κ2) is 8.02. The molecule has 2 aromatic rings. The van der Waals surface area contributed by atoms with Gasteiger partial charge >= 0.3 is 0 Å². The summed E-state index contributed by atoms with van der Waals surface area (Å²) < 4.78 is 6.37. The molecule has 0 bridgehead atoms. The Morgan fingerprint density at radius 3 is 2.40 bits per heavy atom. The Hall–Kier alpha value is -1.85. The predicted octanol–water partition coefficient (Wildman–Crippen LogP) is 4.66.